The molecule has 2 rings (SSSR count). The molecule has 18 heavy (non-hydrogen) atoms. The number of aromatic carboxylic acids is 1. The maximum absolute atomic E-state index is 11.8. The number of benzene rings is 1. The van der Waals surface area contributed by atoms with E-state index in [1.165, 1.54) is 18.2 Å². The molecule has 0 atom stereocenters. The molecule has 0 saturated heterocycles. The highest BCUT2D eigenvalue weighted by Crippen LogP contribution is 2.27. The van der Waals surface area contributed by atoms with E-state index in [1.54, 1.807) is 19.9 Å². The average molecular weight is 245 g/mol. The van der Waals surface area contributed by atoms with Gasteiger partial charge in [-0.2, -0.15) is 0 Å². The molecule has 1 N–H and O–H groups in total. The summed E-state index contributed by atoms with van der Waals surface area (Å²) in [5, 5.41) is 9.02. The van der Waals surface area contributed by atoms with Crippen molar-refractivity contribution in [2.24, 2.45) is 0 Å². The summed E-state index contributed by atoms with van der Waals surface area (Å²) in [5.74, 6) is -1.94. The molecule has 1 aromatic carbocycles. The van der Waals surface area contributed by atoms with E-state index < -0.39 is 17.8 Å². The highest BCUT2D eigenvalue weighted by Gasteiger charge is 2.31. The zero-order valence-corrected chi connectivity index (χ0v) is 9.93. The lowest BCUT2D eigenvalue weighted by molar-refractivity contribution is -0.120. The summed E-state index contributed by atoms with van der Waals surface area (Å²) in [4.78, 5) is 35.6. The van der Waals surface area contributed by atoms with Crippen LogP contribution in [0.25, 0.3) is 0 Å². The van der Waals surface area contributed by atoms with E-state index >= 15 is 0 Å². The van der Waals surface area contributed by atoms with Gasteiger partial charge in [-0.15, -0.1) is 0 Å². The average Bonchev–Trinajstić information content (AvgIpc) is 2.54. The zero-order chi connectivity index (χ0) is 13.4. The summed E-state index contributed by atoms with van der Waals surface area (Å²) in [6.45, 7) is 3.13. The summed E-state index contributed by atoms with van der Waals surface area (Å²) >= 11 is 0. The number of hydrogen-bond acceptors (Lipinski definition) is 3. The molecule has 0 bridgehead atoms. The Morgan fingerprint density at radius 3 is 2.39 bits per heavy atom. The normalized spacial score (nSPS) is 15.0. The molecule has 1 heterocycles. The Morgan fingerprint density at radius 1 is 1.22 bits per heavy atom. The number of carboxylic acids is 1. The molecule has 0 radical (unpaired) electrons. The van der Waals surface area contributed by atoms with E-state index in [2.05, 4.69) is 0 Å². The molecule has 1 aromatic rings. The van der Waals surface area contributed by atoms with E-state index in [1.807, 2.05) is 0 Å². The standard InChI is InChI=1S/C13H11NO4/c1-7-6-11(15)14(12(7)16)10-5-3-4-9(8(10)2)13(17)18/h3-6H,1-2H3,(H,17,18). The number of carbonyl (C=O) groups is 3. The van der Waals surface area contributed by atoms with Crippen molar-refractivity contribution in [3.8, 4) is 0 Å². The molecule has 0 aromatic heterocycles. The van der Waals surface area contributed by atoms with Crippen molar-refractivity contribution in [2.45, 2.75) is 13.8 Å². The molecule has 0 fully saturated rings. The van der Waals surface area contributed by atoms with Crippen LogP contribution in [0, 0.1) is 6.92 Å². The van der Waals surface area contributed by atoms with Gasteiger partial charge >= 0.3 is 5.97 Å². The van der Waals surface area contributed by atoms with Gasteiger partial charge in [-0.1, -0.05) is 6.07 Å². The number of nitrogens with zero attached hydrogens (tertiary/aromatic N) is 1. The Kier molecular flexibility index (Phi) is 2.74. The van der Waals surface area contributed by atoms with Gasteiger partial charge in [-0.05, 0) is 31.5 Å². The summed E-state index contributed by atoms with van der Waals surface area (Å²) in [6, 6.07) is 4.51. The number of carboxylic acid groups (broad SMARTS) is 1. The highest BCUT2D eigenvalue weighted by atomic mass is 16.4. The second-order valence-electron chi connectivity index (χ2n) is 4.06. The molecular formula is C13H11NO4. The summed E-state index contributed by atoms with van der Waals surface area (Å²) in [5.41, 5.74) is 1.14. The predicted octanol–water partition coefficient (Wildman–Crippen LogP) is 1.51. The van der Waals surface area contributed by atoms with Crippen molar-refractivity contribution < 1.29 is 19.5 Å². The fourth-order valence-corrected chi connectivity index (χ4v) is 1.91. The summed E-state index contributed by atoms with van der Waals surface area (Å²) in [7, 11) is 0. The third-order valence-corrected chi connectivity index (χ3v) is 2.88. The first-order valence-corrected chi connectivity index (χ1v) is 5.33. The Hall–Kier alpha value is -2.43. The zero-order valence-electron chi connectivity index (χ0n) is 9.93. The molecule has 0 unspecified atom stereocenters. The molecule has 0 saturated carbocycles. The molecular weight excluding hydrogens is 234 g/mol. The lowest BCUT2D eigenvalue weighted by Gasteiger charge is -2.18. The molecule has 2 amide bonds. The van der Waals surface area contributed by atoms with E-state index in [4.69, 9.17) is 5.11 Å². The van der Waals surface area contributed by atoms with Crippen LogP contribution < -0.4 is 4.90 Å². The third kappa shape index (κ3) is 1.69. The molecule has 92 valence electrons. The van der Waals surface area contributed by atoms with Crippen LogP contribution in [-0.2, 0) is 9.59 Å². The minimum absolute atomic E-state index is 0.0812. The maximum Gasteiger partial charge on any atom is 0.336 e. The molecule has 1 aliphatic heterocycles. The second-order valence-corrected chi connectivity index (χ2v) is 4.06. The van der Waals surface area contributed by atoms with Crippen molar-refractivity contribution in [2.75, 3.05) is 4.90 Å². The van der Waals surface area contributed by atoms with Gasteiger partial charge < -0.3 is 5.11 Å². The molecule has 5 heteroatoms. The molecule has 5 nitrogen and oxygen atoms in total. The predicted molar refractivity (Wildman–Crippen MR) is 64.4 cm³/mol. The van der Waals surface area contributed by atoms with Gasteiger partial charge in [-0.3, -0.25) is 9.59 Å². The summed E-state index contributed by atoms with van der Waals surface area (Å²) < 4.78 is 0. The SMILES string of the molecule is CC1=CC(=O)N(c2cccc(C(=O)O)c2C)C1=O. The molecule has 1 aliphatic rings. The van der Waals surface area contributed by atoms with Gasteiger partial charge in [-0.25, -0.2) is 9.69 Å². The van der Waals surface area contributed by atoms with Crippen molar-refractivity contribution in [1.29, 1.82) is 0 Å². The van der Waals surface area contributed by atoms with Crippen LogP contribution in [0.3, 0.4) is 0 Å². The topological polar surface area (TPSA) is 74.7 Å². The lowest BCUT2D eigenvalue weighted by Crippen LogP contribution is -2.31. The quantitative estimate of drug-likeness (QED) is 0.801. The van der Waals surface area contributed by atoms with Crippen molar-refractivity contribution in [3.63, 3.8) is 0 Å². The minimum atomic E-state index is -1.09. The molecule has 0 aliphatic carbocycles. The van der Waals surface area contributed by atoms with Crippen LogP contribution in [0.5, 0.6) is 0 Å². The van der Waals surface area contributed by atoms with Crippen molar-refractivity contribution >= 4 is 23.5 Å². The Balaban J connectivity index is 2.54. The second kappa shape index (κ2) is 4.10. The van der Waals surface area contributed by atoms with Gasteiger partial charge in [0.2, 0.25) is 0 Å². The van der Waals surface area contributed by atoms with Gasteiger partial charge in [0.05, 0.1) is 11.3 Å². The van der Waals surface area contributed by atoms with Crippen LogP contribution in [0.4, 0.5) is 5.69 Å². The number of hydrogen-bond donors (Lipinski definition) is 1. The van der Waals surface area contributed by atoms with Crippen molar-refractivity contribution in [1.82, 2.24) is 0 Å². The number of anilines is 1. The van der Waals surface area contributed by atoms with Crippen LogP contribution in [0.1, 0.15) is 22.8 Å². The highest BCUT2D eigenvalue weighted by molar-refractivity contribution is 6.30. The molecule has 0 spiro atoms. The van der Waals surface area contributed by atoms with Gasteiger partial charge in [0, 0.05) is 11.6 Å². The summed E-state index contributed by atoms with van der Waals surface area (Å²) in [6.07, 6.45) is 1.25. The fourth-order valence-electron chi connectivity index (χ4n) is 1.91. The first-order valence-electron chi connectivity index (χ1n) is 5.33. The van der Waals surface area contributed by atoms with E-state index in [9.17, 15) is 14.4 Å². The first-order chi connectivity index (χ1) is 8.43. The number of rotatable bonds is 2. The first kappa shape index (κ1) is 12.0. The maximum atomic E-state index is 11.8. The number of amides is 2. The van der Waals surface area contributed by atoms with Crippen LogP contribution in [0.2, 0.25) is 0 Å². The van der Waals surface area contributed by atoms with E-state index in [-0.39, 0.29) is 5.56 Å². The Morgan fingerprint density at radius 2 is 1.89 bits per heavy atom. The van der Waals surface area contributed by atoms with Crippen LogP contribution in [0.15, 0.2) is 29.8 Å². The van der Waals surface area contributed by atoms with Crippen molar-refractivity contribution in [3.05, 3.63) is 41.0 Å². The Bertz CT molecular complexity index is 601. The monoisotopic (exact) mass is 245 g/mol. The van der Waals surface area contributed by atoms with Gasteiger partial charge in [0.25, 0.3) is 11.8 Å². The van der Waals surface area contributed by atoms with E-state index in [0.29, 0.717) is 16.8 Å². The van der Waals surface area contributed by atoms with Gasteiger partial charge in [0.15, 0.2) is 0 Å². The Labute approximate surface area is 103 Å². The van der Waals surface area contributed by atoms with Crippen LogP contribution in [-0.4, -0.2) is 22.9 Å². The smallest absolute Gasteiger partial charge is 0.336 e. The largest absolute Gasteiger partial charge is 0.478 e. The van der Waals surface area contributed by atoms with E-state index in [0.717, 1.165) is 4.90 Å². The lowest BCUT2D eigenvalue weighted by atomic mass is 10.1. The van der Waals surface area contributed by atoms with Crippen LogP contribution >= 0.6 is 0 Å². The number of carbonyl (C=O) groups excluding carboxylic acids is 2. The fraction of sp³-hybridized carbons (Fsp3) is 0.154. The minimum Gasteiger partial charge on any atom is -0.478 e. The third-order valence-electron chi connectivity index (χ3n) is 2.88. The van der Waals surface area contributed by atoms with Gasteiger partial charge in [0.1, 0.15) is 0 Å². The number of imide groups is 1.